The molecule has 4 rings (SSSR count). The van der Waals surface area contributed by atoms with Gasteiger partial charge in [-0.2, -0.15) is 9.78 Å². The van der Waals surface area contributed by atoms with Gasteiger partial charge in [0.1, 0.15) is 5.82 Å². The van der Waals surface area contributed by atoms with Crippen molar-refractivity contribution in [3.8, 4) is 0 Å². The predicted octanol–water partition coefficient (Wildman–Crippen LogP) is 3.39. The molecular weight excluding hydrogens is 335 g/mol. The normalized spacial score (nSPS) is 14.0. The first kappa shape index (κ1) is 14.6. The summed E-state index contributed by atoms with van der Waals surface area (Å²) < 4.78 is 17.0. The Balaban J connectivity index is 1.73. The number of halogens is 1. The van der Waals surface area contributed by atoms with Crippen LogP contribution in [-0.4, -0.2) is 32.6 Å². The second-order valence-corrected chi connectivity index (χ2v) is 7.21. The first-order valence-electron chi connectivity index (χ1n) is 7.08. The van der Waals surface area contributed by atoms with Gasteiger partial charge in [0.25, 0.3) is 0 Å². The van der Waals surface area contributed by atoms with Crippen LogP contribution in [0.5, 0.6) is 0 Å². The van der Waals surface area contributed by atoms with Gasteiger partial charge in [-0.3, -0.25) is 0 Å². The van der Waals surface area contributed by atoms with E-state index in [0.29, 0.717) is 15.6 Å². The number of aryl methyl sites for hydroxylation is 1. The van der Waals surface area contributed by atoms with Crippen molar-refractivity contribution in [3.05, 3.63) is 23.8 Å². The maximum absolute atomic E-state index is 14.4. The molecule has 0 spiro atoms. The number of hydrogen-bond donors (Lipinski definition) is 1. The van der Waals surface area contributed by atoms with Crippen molar-refractivity contribution in [2.45, 2.75) is 29.8 Å². The number of nitrogens with zero attached hydrogens (tertiary/aromatic N) is 5. The minimum atomic E-state index is -0.315. The van der Waals surface area contributed by atoms with Crippen molar-refractivity contribution >= 4 is 44.2 Å². The van der Waals surface area contributed by atoms with E-state index in [0.717, 1.165) is 34.2 Å². The molecule has 0 atom stereocenters. The topological polar surface area (TPSA) is 68.0 Å². The summed E-state index contributed by atoms with van der Waals surface area (Å²) in [5.74, 6) is 0.499. The molecule has 0 amide bonds. The first-order valence-corrected chi connectivity index (χ1v) is 8.72. The highest BCUT2D eigenvalue weighted by Crippen LogP contribution is 2.35. The van der Waals surface area contributed by atoms with E-state index in [-0.39, 0.29) is 5.82 Å². The number of hydrogen-bond acceptors (Lipinski definition) is 7. The van der Waals surface area contributed by atoms with E-state index in [1.807, 2.05) is 6.92 Å². The van der Waals surface area contributed by atoms with Gasteiger partial charge in [-0.25, -0.2) is 9.37 Å². The number of fused-ring (bicyclic) bond motifs is 2. The van der Waals surface area contributed by atoms with Gasteiger partial charge in [-0.05, 0) is 31.2 Å². The molecule has 1 N–H and O–H groups in total. The van der Waals surface area contributed by atoms with Gasteiger partial charge in [0, 0.05) is 25.2 Å². The highest BCUT2D eigenvalue weighted by Gasteiger charge is 2.19. The maximum atomic E-state index is 14.4. The van der Waals surface area contributed by atoms with Gasteiger partial charge in [0.05, 0.1) is 15.1 Å². The SMILES string of the molecule is CNc1nc2cc(F)c(Sc3nnc4n3N=C(C)CC4)cc2s1. The maximum Gasteiger partial charge on any atom is 0.216 e. The van der Waals surface area contributed by atoms with Gasteiger partial charge < -0.3 is 5.32 Å². The molecule has 3 heterocycles. The molecule has 1 aliphatic heterocycles. The highest BCUT2D eigenvalue weighted by atomic mass is 32.2. The number of rotatable bonds is 3. The van der Waals surface area contributed by atoms with Gasteiger partial charge >= 0.3 is 0 Å². The van der Waals surface area contributed by atoms with Crippen molar-refractivity contribution in [3.63, 3.8) is 0 Å². The second-order valence-electron chi connectivity index (χ2n) is 5.17. The summed E-state index contributed by atoms with van der Waals surface area (Å²) in [6.45, 7) is 1.97. The van der Waals surface area contributed by atoms with Crippen LogP contribution in [0.1, 0.15) is 19.2 Å². The quantitative estimate of drug-likeness (QED) is 0.786. The van der Waals surface area contributed by atoms with Crippen molar-refractivity contribution in [2.24, 2.45) is 5.10 Å². The van der Waals surface area contributed by atoms with E-state index in [9.17, 15) is 4.39 Å². The number of nitrogens with one attached hydrogen (secondary N) is 1. The number of aromatic nitrogens is 4. The zero-order chi connectivity index (χ0) is 16.0. The molecule has 23 heavy (non-hydrogen) atoms. The summed E-state index contributed by atoms with van der Waals surface area (Å²) >= 11 is 2.72. The molecule has 1 aromatic carbocycles. The standard InChI is InChI=1S/C14H13FN6S2/c1-7-3-4-12-18-19-14(21(12)20-7)23-10-6-11-9(5-8(10)15)17-13(16-2)22-11/h5-6H,3-4H2,1-2H3,(H,16,17). The highest BCUT2D eigenvalue weighted by molar-refractivity contribution is 7.99. The zero-order valence-corrected chi connectivity index (χ0v) is 14.1. The summed E-state index contributed by atoms with van der Waals surface area (Å²) in [6, 6.07) is 3.26. The van der Waals surface area contributed by atoms with Crippen LogP contribution in [0.15, 0.2) is 27.3 Å². The molecule has 0 unspecified atom stereocenters. The molecular formula is C14H13FN6S2. The fourth-order valence-corrected chi connectivity index (χ4v) is 4.10. The third-order valence-corrected chi connectivity index (χ3v) is 5.52. The Morgan fingerprint density at radius 1 is 1.30 bits per heavy atom. The Morgan fingerprint density at radius 2 is 2.17 bits per heavy atom. The zero-order valence-electron chi connectivity index (χ0n) is 12.5. The molecule has 0 saturated heterocycles. The average molecular weight is 348 g/mol. The molecule has 118 valence electrons. The molecule has 2 aromatic heterocycles. The fourth-order valence-electron chi connectivity index (χ4n) is 2.34. The summed E-state index contributed by atoms with van der Waals surface area (Å²) in [4.78, 5) is 4.81. The van der Waals surface area contributed by atoms with E-state index in [2.05, 4.69) is 25.6 Å². The van der Waals surface area contributed by atoms with Crippen LogP contribution in [0.25, 0.3) is 10.2 Å². The van der Waals surface area contributed by atoms with Crippen LogP contribution >= 0.6 is 23.1 Å². The van der Waals surface area contributed by atoms with Crippen molar-refractivity contribution < 1.29 is 4.39 Å². The first-order chi connectivity index (χ1) is 11.1. The smallest absolute Gasteiger partial charge is 0.216 e. The Morgan fingerprint density at radius 3 is 3.00 bits per heavy atom. The monoisotopic (exact) mass is 348 g/mol. The summed E-state index contributed by atoms with van der Waals surface area (Å²) in [5.41, 5.74) is 1.68. The molecule has 6 nitrogen and oxygen atoms in total. The number of benzene rings is 1. The van der Waals surface area contributed by atoms with Crippen molar-refractivity contribution in [2.75, 3.05) is 12.4 Å². The summed E-state index contributed by atoms with van der Waals surface area (Å²) in [6.07, 6.45) is 1.70. The van der Waals surface area contributed by atoms with Gasteiger partial charge in [-0.15, -0.1) is 10.2 Å². The van der Waals surface area contributed by atoms with E-state index >= 15 is 0 Å². The molecule has 1 aliphatic rings. The molecule has 0 fully saturated rings. The van der Waals surface area contributed by atoms with Gasteiger partial charge in [0.15, 0.2) is 11.0 Å². The minimum absolute atomic E-state index is 0.315. The van der Waals surface area contributed by atoms with E-state index in [1.165, 1.54) is 29.2 Å². The molecule has 3 aromatic rings. The Hall–Kier alpha value is -2.00. The largest absolute Gasteiger partial charge is 0.365 e. The van der Waals surface area contributed by atoms with Gasteiger partial charge in [0.2, 0.25) is 5.16 Å². The fraction of sp³-hybridized carbons (Fsp3) is 0.286. The predicted molar refractivity (Wildman–Crippen MR) is 90.1 cm³/mol. The Bertz CT molecular complexity index is 929. The molecule has 0 bridgehead atoms. The van der Waals surface area contributed by atoms with Gasteiger partial charge in [-0.1, -0.05) is 11.3 Å². The average Bonchev–Trinajstić information content (AvgIpc) is 3.11. The molecule has 9 heteroatoms. The number of thiazole rings is 1. The van der Waals surface area contributed by atoms with Crippen LogP contribution in [0.3, 0.4) is 0 Å². The lowest BCUT2D eigenvalue weighted by molar-refractivity contribution is 0.603. The van der Waals surface area contributed by atoms with E-state index < -0.39 is 0 Å². The Labute approximate surface area is 139 Å². The summed E-state index contributed by atoms with van der Waals surface area (Å²) in [7, 11) is 1.80. The third-order valence-electron chi connectivity index (χ3n) is 3.51. The van der Waals surface area contributed by atoms with Crippen LogP contribution in [0.2, 0.25) is 0 Å². The molecule has 0 aliphatic carbocycles. The van der Waals surface area contributed by atoms with E-state index in [1.54, 1.807) is 17.8 Å². The van der Waals surface area contributed by atoms with E-state index in [4.69, 9.17) is 0 Å². The van der Waals surface area contributed by atoms with Crippen LogP contribution in [0.4, 0.5) is 9.52 Å². The van der Waals surface area contributed by atoms with Crippen LogP contribution in [-0.2, 0) is 6.42 Å². The van der Waals surface area contributed by atoms with Crippen LogP contribution < -0.4 is 5.32 Å². The van der Waals surface area contributed by atoms with Crippen LogP contribution in [0, 0.1) is 5.82 Å². The Kier molecular flexibility index (Phi) is 3.53. The minimum Gasteiger partial charge on any atom is -0.365 e. The van der Waals surface area contributed by atoms with Crippen molar-refractivity contribution in [1.29, 1.82) is 0 Å². The molecule has 0 radical (unpaired) electrons. The summed E-state index contributed by atoms with van der Waals surface area (Å²) in [5, 5.41) is 17.1. The second kappa shape index (κ2) is 5.57. The lowest BCUT2D eigenvalue weighted by Crippen LogP contribution is -2.11. The molecule has 0 saturated carbocycles. The number of anilines is 1. The lowest BCUT2D eigenvalue weighted by Gasteiger charge is -2.10. The lowest BCUT2D eigenvalue weighted by atomic mass is 10.2. The van der Waals surface area contributed by atoms with Crippen molar-refractivity contribution in [1.82, 2.24) is 19.9 Å². The third kappa shape index (κ3) is 2.59.